The molecule has 0 saturated carbocycles. The van der Waals surface area contributed by atoms with E-state index in [9.17, 15) is 0 Å². The van der Waals surface area contributed by atoms with Crippen LogP contribution >= 0.6 is 0 Å². The standard InChI is InChI=1S/C19H33NO/c1-4-6-7-8-9-10-11-16-21-18-14-12-17(13-15-18)19(5-2)20-3/h12-15,19-20H,4-11,16H2,1-3H3. The second-order valence-corrected chi connectivity index (χ2v) is 5.79. The van der Waals surface area contributed by atoms with E-state index in [0.717, 1.165) is 18.8 Å². The molecule has 0 saturated heterocycles. The average Bonchev–Trinajstić information content (AvgIpc) is 2.52. The maximum Gasteiger partial charge on any atom is 0.119 e. The van der Waals surface area contributed by atoms with Crippen molar-refractivity contribution in [1.82, 2.24) is 5.32 Å². The normalized spacial score (nSPS) is 12.3. The van der Waals surface area contributed by atoms with Crippen LogP contribution in [0.4, 0.5) is 0 Å². The van der Waals surface area contributed by atoms with Crippen LogP contribution in [-0.2, 0) is 0 Å². The third kappa shape index (κ3) is 7.52. The van der Waals surface area contributed by atoms with Crippen molar-refractivity contribution >= 4 is 0 Å². The number of nitrogens with one attached hydrogen (secondary N) is 1. The number of hydrogen-bond acceptors (Lipinski definition) is 2. The maximum absolute atomic E-state index is 5.82. The monoisotopic (exact) mass is 291 g/mol. The van der Waals surface area contributed by atoms with Crippen LogP contribution in [0.1, 0.15) is 76.8 Å². The van der Waals surface area contributed by atoms with Crippen LogP contribution in [-0.4, -0.2) is 13.7 Å². The van der Waals surface area contributed by atoms with Gasteiger partial charge in [0.05, 0.1) is 6.61 Å². The van der Waals surface area contributed by atoms with Crippen LogP contribution in [0.3, 0.4) is 0 Å². The average molecular weight is 291 g/mol. The number of rotatable bonds is 12. The van der Waals surface area contributed by atoms with Gasteiger partial charge in [-0.25, -0.2) is 0 Å². The molecule has 0 aliphatic heterocycles. The molecular weight excluding hydrogens is 258 g/mol. The molecule has 0 bridgehead atoms. The van der Waals surface area contributed by atoms with Gasteiger partial charge in [-0.05, 0) is 37.6 Å². The summed E-state index contributed by atoms with van der Waals surface area (Å²) in [5.41, 5.74) is 1.34. The summed E-state index contributed by atoms with van der Waals surface area (Å²) in [6, 6.07) is 8.98. The fourth-order valence-corrected chi connectivity index (χ4v) is 2.65. The molecule has 0 heterocycles. The second-order valence-electron chi connectivity index (χ2n) is 5.79. The van der Waals surface area contributed by atoms with Crippen molar-refractivity contribution in [3.8, 4) is 5.75 Å². The molecule has 0 amide bonds. The third-order valence-corrected chi connectivity index (χ3v) is 4.06. The van der Waals surface area contributed by atoms with Gasteiger partial charge in [-0.15, -0.1) is 0 Å². The van der Waals surface area contributed by atoms with Gasteiger partial charge in [-0.2, -0.15) is 0 Å². The first-order valence-electron chi connectivity index (χ1n) is 8.71. The Balaban J connectivity index is 2.15. The molecule has 1 aromatic carbocycles. The quantitative estimate of drug-likeness (QED) is 0.514. The molecule has 0 aliphatic rings. The van der Waals surface area contributed by atoms with E-state index in [1.165, 1.54) is 50.5 Å². The first-order valence-corrected chi connectivity index (χ1v) is 8.71. The van der Waals surface area contributed by atoms with E-state index in [1.54, 1.807) is 0 Å². The highest BCUT2D eigenvalue weighted by atomic mass is 16.5. The van der Waals surface area contributed by atoms with Crippen LogP contribution in [0.2, 0.25) is 0 Å². The van der Waals surface area contributed by atoms with Crippen LogP contribution in [0.5, 0.6) is 5.75 Å². The minimum atomic E-state index is 0.446. The highest BCUT2D eigenvalue weighted by Gasteiger charge is 2.05. The van der Waals surface area contributed by atoms with Gasteiger partial charge in [-0.1, -0.05) is 64.5 Å². The lowest BCUT2D eigenvalue weighted by Crippen LogP contribution is -2.14. The van der Waals surface area contributed by atoms with Gasteiger partial charge in [0.25, 0.3) is 0 Å². The Hall–Kier alpha value is -1.02. The van der Waals surface area contributed by atoms with E-state index in [2.05, 4.69) is 43.4 Å². The van der Waals surface area contributed by atoms with E-state index in [0.29, 0.717) is 6.04 Å². The molecule has 0 fully saturated rings. The summed E-state index contributed by atoms with van der Waals surface area (Å²) in [6.07, 6.45) is 10.4. The molecule has 0 spiro atoms. The van der Waals surface area contributed by atoms with Crippen LogP contribution in [0.25, 0.3) is 0 Å². The molecule has 0 aliphatic carbocycles. The summed E-state index contributed by atoms with van der Waals surface area (Å²) >= 11 is 0. The van der Waals surface area contributed by atoms with Gasteiger partial charge >= 0.3 is 0 Å². The van der Waals surface area contributed by atoms with Crippen molar-refractivity contribution < 1.29 is 4.74 Å². The Kier molecular flexibility index (Phi) is 9.98. The molecule has 1 unspecified atom stereocenters. The predicted molar refractivity (Wildman–Crippen MR) is 92.0 cm³/mol. The van der Waals surface area contributed by atoms with Gasteiger partial charge < -0.3 is 10.1 Å². The highest BCUT2D eigenvalue weighted by Crippen LogP contribution is 2.20. The lowest BCUT2D eigenvalue weighted by atomic mass is 10.0. The largest absolute Gasteiger partial charge is 0.494 e. The second kappa shape index (κ2) is 11.6. The summed E-state index contributed by atoms with van der Waals surface area (Å²) in [6.45, 7) is 5.31. The molecule has 1 rings (SSSR count). The number of ether oxygens (including phenoxy) is 1. The van der Waals surface area contributed by atoms with Crippen LogP contribution in [0.15, 0.2) is 24.3 Å². The summed E-state index contributed by atoms with van der Waals surface area (Å²) in [5.74, 6) is 0.996. The minimum Gasteiger partial charge on any atom is -0.494 e. The van der Waals surface area contributed by atoms with Crippen molar-refractivity contribution in [2.75, 3.05) is 13.7 Å². The van der Waals surface area contributed by atoms with E-state index in [1.807, 2.05) is 7.05 Å². The SMILES string of the molecule is CCCCCCCCCOc1ccc(C(CC)NC)cc1. The highest BCUT2D eigenvalue weighted by molar-refractivity contribution is 5.29. The smallest absolute Gasteiger partial charge is 0.119 e. The van der Waals surface area contributed by atoms with Crippen LogP contribution in [0, 0.1) is 0 Å². The molecule has 2 nitrogen and oxygen atoms in total. The Labute approximate surface area is 131 Å². The minimum absolute atomic E-state index is 0.446. The van der Waals surface area contributed by atoms with Crippen molar-refractivity contribution in [3.05, 3.63) is 29.8 Å². The zero-order valence-electron chi connectivity index (χ0n) is 14.2. The number of unbranched alkanes of at least 4 members (excludes halogenated alkanes) is 6. The lowest BCUT2D eigenvalue weighted by molar-refractivity contribution is 0.304. The Morgan fingerprint density at radius 3 is 2.10 bits per heavy atom. The van der Waals surface area contributed by atoms with E-state index in [4.69, 9.17) is 4.74 Å². The van der Waals surface area contributed by atoms with Crippen LogP contribution < -0.4 is 10.1 Å². The fraction of sp³-hybridized carbons (Fsp3) is 0.684. The van der Waals surface area contributed by atoms with E-state index < -0.39 is 0 Å². The summed E-state index contributed by atoms with van der Waals surface area (Å²) < 4.78 is 5.82. The Morgan fingerprint density at radius 1 is 0.905 bits per heavy atom. The molecule has 1 aromatic rings. The van der Waals surface area contributed by atoms with Gasteiger partial charge in [0, 0.05) is 6.04 Å². The molecule has 0 radical (unpaired) electrons. The third-order valence-electron chi connectivity index (χ3n) is 4.06. The lowest BCUT2D eigenvalue weighted by Gasteiger charge is -2.14. The first-order chi connectivity index (χ1) is 10.3. The molecule has 1 N–H and O–H groups in total. The molecule has 1 atom stereocenters. The zero-order chi connectivity index (χ0) is 15.3. The molecule has 0 aromatic heterocycles. The van der Waals surface area contributed by atoms with Gasteiger partial charge in [0.1, 0.15) is 5.75 Å². The fourth-order valence-electron chi connectivity index (χ4n) is 2.65. The molecule has 120 valence electrons. The van der Waals surface area contributed by atoms with Crippen molar-refractivity contribution in [3.63, 3.8) is 0 Å². The van der Waals surface area contributed by atoms with Gasteiger partial charge in [0.15, 0.2) is 0 Å². The van der Waals surface area contributed by atoms with Gasteiger partial charge in [-0.3, -0.25) is 0 Å². The van der Waals surface area contributed by atoms with E-state index >= 15 is 0 Å². The molecule has 2 heteroatoms. The summed E-state index contributed by atoms with van der Waals surface area (Å²) in [4.78, 5) is 0. The molecular formula is C19H33NO. The number of benzene rings is 1. The topological polar surface area (TPSA) is 21.3 Å². The summed E-state index contributed by atoms with van der Waals surface area (Å²) in [7, 11) is 2.01. The summed E-state index contributed by atoms with van der Waals surface area (Å²) in [5, 5.41) is 3.33. The van der Waals surface area contributed by atoms with Crippen molar-refractivity contribution in [2.45, 2.75) is 71.3 Å². The Morgan fingerprint density at radius 2 is 1.52 bits per heavy atom. The van der Waals surface area contributed by atoms with E-state index in [-0.39, 0.29) is 0 Å². The molecule has 21 heavy (non-hydrogen) atoms. The Bertz CT molecular complexity index is 343. The zero-order valence-corrected chi connectivity index (χ0v) is 14.2. The van der Waals surface area contributed by atoms with Gasteiger partial charge in [0.2, 0.25) is 0 Å². The predicted octanol–water partition coefficient (Wildman–Crippen LogP) is 5.49. The maximum atomic E-state index is 5.82. The number of hydrogen-bond donors (Lipinski definition) is 1. The van der Waals surface area contributed by atoms with Crippen molar-refractivity contribution in [1.29, 1.82) is 0 Å². The van der Waals surface area contributed by atoms with Crippen molar-refractivity contribution in [2.24, 2.45) is 0 Å². The first kappa shape index (κ1) is 18.0.